The van der Waals surface area contributed by atoms with Gasteiger partial charge in [-0.25, -0.2) is 14.5 Å². The van der Waals surface area contributed by atoms with Crippen molar-refractivity contribution in [3.05, 3.63) is 54.1 Å². The zero-order chi connectivity index (χ0) is 24.7. The number of esters is 1. The van der Waals surface area contributed by atoms with E-state index in [0.717, 1.165) is 4.90 Å². The van der Waals surface area contributed by atoms with Gasteiger partial charge in [0.25, 0.3) is 5.91 Å². The number of hydrogen-bond acceptors (Lipinski definition) is 7. The fraction of sp³-hybridized carbons (Fsp3) is 0.333. The number of carbonyl (C=O) groups excluding carboxylic acids is 4. The Bertz CT molecular complexity index is 1070. The SMILES string of the molecule is CCOC(=O)c1cccc(NC(=O)CC2C(=O)N(c3cccc(OC)c3)C(=O)N2CCOC)c1. The molecule has 4 amide bonds. The van der Waals surface area contributed by atoms with Crippen LogP contribution in [0.25, 0.3) is 0 Å². The normalized spacial score (nSPS) is 15.4. The van der Waals surface area contributed by atoms with Gasteiger partial charge in [-0.1, -0.05) is 12.1 Å². The van der Waals surface area contributed by atoms with Gasteiger partial charge in [-0.05, 0) is 37.3 Å². The maximum atomic E-state index is 13.2. The Balaban J connectivity index is 1.79. The molecule has 180 valence electrons. The lowest BCUT2D eigenvalue weighted by atomic mass is 10.1. The summed E-state index contributed by atoms with van der Waals surface area (Å²) in [4.78, 5) is 53.5. The molecule has 0 bridgehead atoms. The minimum Gasteiger partial charge on any atom is -0.497 e. The molecule has 34 heavy (non-hydrogen) atoms. The first-order valence-electron chi connectivity index (χ1n) is 10.7. The maximum Gasteiger partial charge on any atom is 0.338 e. The van der Waals surface area contributed by atoms with Crippen molar-refractivity contribution in [1.82, 2.24) is 4.90 Å². The fourth-order valence-electron chi connectivity index (χ4n) is 3.59. The number of imide groups is 1. The van der Waals surface area contributed by atoms with Crippen molar-refractivity contribution in [2.24, 2.45) is 0 Å². The van der Waals surface area contributed by atoms with Crippen LogP contribution in [0.15, 0.2) is 48.5 Å². The molecule has 1 atom stereocenters. The van der Waals surface area contributed by atoms with Gasteiger partial charge in [-0.3, -0.25) is 9.59 Å². The van der Waals surface area contributed by atoms with Crippen molar-refractivity contribution in [2.75, 3.05) is 44.2 Å². The van der Waals surface area contributed by atoms with Crippen LogP contribution in [-0.2, 0) is 19.1 Å². The molecule has 1 saturated heterocycles. The number of benzene rings is 2. The van der Waals surface area contributed by atoms with Crippen molar-refractivity contribution >= 4 is 35.2 Å². The van der Waals surface area contributed by atoms with Crippen LogP contribution in [-0.4, -0.2) is 68.7 Å². The highest BCUT2D eigenvalue weighted by atomic mass is 16.5. The zero-order valence-corrected chi connectivity index (χ0v) is 19.3. The summed E-state index contributed by atoms with van der Waals surface area (Å²) in [5.74, 6) is -1.02. The van der Waals surface area contributed by atoms with Crippen molar-refractivity contribution in [3.63, 3.8) is 0 Å². The average Bonchev–Trinajstić information content (AvgIpc) is 3.06. The van der Waals surface area contributed by atoms with E-state index in [9.17, 15) is 19.2 Å². The molecule has 2 aromatic rings. The summed E-state index contributed by atoms with van der Waals surface area (Å²) in [7, 11) is 2.97. The van der Waals surface area contributed by atoms with E-state index in [1.165, 1.54) is 25.2 Å². The topological polar surface area (TPSA) is 114 Å². The second kappa shape index (κ2) is 11.3. The number of nitrogens with zero attached hydrogens (tertiary/aromatic N) is 2. The van der Waals surface area contributed by atoms with E-state index in [0.29, 0.717) is 17.1 Å². The minimum absolute atomic E-state index is 0.137. The molecule has 1 N–H and O–H groups in total. The Morgan fingerprint density at radius 1 is 1.06 bits per heavy atom. The standard InChI is InChI=1S/C24H27N3O7/c1-4-34-23(30)16-7-5-8-17(13-16)25-21(28)15-20-22(29)27(24(31)26(20)11-12-32-2)18-9-6-10-19(14-18)33-3/h5-10,13-14,20H,4,11-12,15H2,1-3H3,(H,25,28). The monoisotopic (exact) mass is 469 g/mol. The molecule has 10 heteroatoms. The predicted octanol–water partition coefficient (Wildman–Crippen LogP) is 2.68. The molecule has 3 rings (SSSR count). The van der Waals surface area contributed by atoms with E-state index in [4.69, 9.17) is 14.2 Å². The number of rotatable bonds is 10. The zero-order valence-electron chi connectivity index (χ0n) is 19.3. The Hall–Kier alpha value is -3.92. The number of methoxy groups -OCH3 is 2. The fourth-order valence-corrected chi connectivity index (χ4v) is 3.59. The third-order valence-corrected chi connectivity index (χ3v) is 5.20. The molecule has 1 heterocycles. The number of carbonyl (C=O) groups is 4. The summed E-state index contributed by atoms with van der Waals surface area (Å²) in [6, 6.07) is 11.3. The lowest BCUT2D eigenvalue weighted by Crippen LogP contribution is -2.39. The molecule has 0 radical (unpaired) electrons. The second-order valence-corrected chi connectivity index (χ2v) is 7.41. The van der Waals surface area contributed by atoms with E-state index in [1.807, 2.05) is 0 Å². The smallest absolute Gasteiger partial charge is 0.338 e. The van der Waals surface area contributed by atoms with Gasteiger partial charge in [0, 0.05) is 25.4 Å². The molecule has 1 aliphatic rings. The summed E-state index contributed by atoms with van der Waals surface area (Å²) >= 11 is 0. The van der Waals surface area contributed by atoms with E-state index in [-0.39, 0.29) is 31.7 Å². The summed E-state index contributed by atoms with van der Waals surface area (Å²) in [6.45, 7) is 2.27. The summed E-state index contributed by atoms with van der Waals surface area (Å²) in [5.41, 5.74) is 1.01. The third-order valence-electron chi connectivity index (χ3n) is 5.20. The van der Waals surface area contributed by atoms with Gasteiger partial charge in [-0.2, -0.15) is 0 Å². The summed E-state index contributed by atoms with van der Waals surface area (Å²) < 4.78 is 15.3. The number of anilines is 2. The summed E-state index contributed by atoms with van der Waals surface area (Å²) in [5, 5.41) is 2.68. The van der Waals surface area contributed by atoms with Crippen LogP contribution in [0.1, 0.15) is 23.7 Å². The molecule has 2 aromatic carbocycles. The number of ether oxygens (including phenoxy) is 3. The van der Waals surface area contributed by atoms with Crippen LogP contribution >= 0.6 is 0 Å². The minimum atomic E-state index is -1.01. The number of amides is 4. The second-order valence-electron chi connectivity index (χ2n) is 7.41. The number of nitrogens with one attached hydrogen (secondary N) is 1. The van der Waals surface area contributed by atoms with Gasteiger partial charge in [0.15, 0.2) is 0 Å². The molecule has 10 nitrogen and oxygen atoms in total. The van der Waals surface area contributed by atoms with Crippen molar-refractivity contribution in [3.8, 4) is 5.75 Å². The van der Waals surface area contributed by atoms with E-state index >= 15 is 0 Å². The van der Waals surface area contributed by atoms with Crippen LogP contribution in [0.5, 0.6) is 5.75 Å². The van der Waals surface area contributed by atoms with Crippen LogP contribution in [0.4, 0.5) is 16.2 Å². The van der Waals surface area contributed by atoms with E-state index in [1.54, 1.807) is 49.4 Å². The molecular weight excluding hydrogens is 442 g/mol. The van der Waals surface area contributed by atoms with Crippen molar-refractivity contribution in [2.45, 2.75) is 19.4 Å². The van der Waals surface area contributed by atoms with Crippen LogP contribution < -0.4 is 15.0 Å². The Morgan fingerprint density at radius 3 is 2.53 bits per heavy atom. The van der Waals surface area contributed by atoms with Gasteiger partial charge >= 0.3 is 12.0 Å². The quantitative estimate of drug-likeness (QED) is 0.420. The van der Waals surface area contributed by atoms with Crippen LogP contribution in [0.2, 0.25) is 0 Å². The molecule has 1 aliphatic heterocycles. The predicted molar refractivity (Wildman–Crippen MR) is 124 cm³/mol. The largest absolute Gasteiger partial charge is 0.497 e. The van der Waals surface area contributed by atoms with Crippen LogP contribution in [0, 0.1) is 0 Å². The third kappa shape index (κ3) is 5.52. The van der Waals surface area contributed by atoms with Crippen molar-refractivity contribution < 1.29 is 33.4 Å². The van der Waals surface area contributed by atoms with Gasteiger partial charge in [0.2, 0.25) is 5.91 Å². The lowest BCUT2D eigenvalue weighted by molar-refractivity contribution is -0.124. The van der Waals surface area contributed by atoms with E-state index < -0.39 is 29.9 Å². The molecule has 1 unspecified atom stereocenters. The average molecular weight is 469 g/mol. The highest BCUT2D eigenvalue weighted by Crippen LogP contribution is 2.29. The first kappa shape index (κ1) is 24.7. The molecular formula is C24H27N3O7. The first-order valence-corrected chi connectivity index (χ1v) is 10.7. The molecule has 1 fully saturated rings. The van der Waals surface area contributed by atoms with Gasteiger partial charge in [0.1, 0.15) is 11.8 Å². The van der Waals surface area contributed by atoms with E-state index in [2.05, 4.69) is 5.32 Å². The molecule has 0 saturated carbocycles. The highest BCUT2D eigenvalue weighted by Gasteiger charge is 2.46. The summed E-state index contributed by atoms with van der Waals surface area (Å²) in [6.07, 6.45) is -0.265. The number of hydrogen-bond donors (Lipinski definition) is 1. The van der Waals surface area contributed by atoms with Gasteiger partial charge < -0.3 is 24.4 Å². The molecule has 0 aliphatic carbocycles. The Labute approximate surface area is 197 Å². The van der Waals surface area contributed by atoms with Crippen LogP contribution in [0.3, 0.4) is 0 Å². The Morgan fingerprint density at radius 2 is 1.82 bits per heavy atom. The molecule has 0 spiro atoms. The first-order chi connectivity index (χ1) is 16.4. The highest BCUT2D eigenvalue weighted by molar-refractivity contribution is 6.22. The molecule has 0 aromatic heterocycles. The maximum absolute atomic E-state index is 13.2. The Kier molecular flexibility index (Phi) is 8.20. The van der Waals surface area contributed by atoms with Crippen molar-refractivity contribution in [1.29, 1.82) is 0 Å². The number of urea groups is 1. The van der Waals surface area contributed by atoms with Gasteiger partial charge in [0.05, 0.1) is 38.0 Å². The lowest BCUT2D eigenvalue weighted by Gasteiger charge is -2.21. The van der Waals surface area contributed by atoms with Gasteiger partial charge in [-0.15, -0.1) is 0 Å².